The highest BCUT2D eigenvalue weighted by molar-refractivity contribution is 8.00. The lowest BCUT2D eigenvalue weighted by atomic mass is 10.4. The van der Waals surface area contributed by atoms with E-state index in [1.807, 2.05) is 20.0 Å². The molecule has 0 aliphatic heterocycles. The molecule has 0 bridgehead atoms. The lowest BCUT2D eigenvalue weighted by Gasteiger charge is -2.03. The van der Waals surface area contributed by atoms with Gasteiger partial charge >= 0.3 is 0 Å². The van der Waals surface area contributed by atoms with Gasteiger partial charge in [-0.05, 0) is 18.5 Å². The summed E-state index contributed by atoms with van der Waals surface area (Å²) < 4.78 is 4.88. The smallest absolute Gasteiger partial charge is 0.170 e. The molecule has 2 heterocycles. The van der Waals surface area contributed by atoms with Crippen LogP contribution >= 0.6 is 23.3 Å². The lowest BCUT2D eigenvalue weighted by Crippen LogP contribution is -2.00. The number of anilines is 1. The molecular formula is C9H11N5S2. The molecule has 0 aromatic carbocycles. The number of hydrogen-bond acceptors (Lipinski definition) is 7. The highest BCUT2D eigenvalue weighted by Crippen LogP contribution is 2.22. The maximum absolute atomic E-state index is 4.37. The van der Waals surface area contributed by atoms with Crippen LogP contribution in [0.5, 0.6) is 0 Å². The van der Waals surface area contributed by atoms with E-state index in [-0.39, 0.29) is 0 Å². The Bertz CT molecular complexity index is 457. The minimum atomic E-state index is 0.714. The van der Waals surface area contributed by atoms with E-state index >= 15 is 0 Å². The Labute approximate surface area is 102 Å². The summed E-state index contributed by atoms with van der Waals surface area (Å²) in [5.74, 6) is 2.37. The molecule has 0 atom stereocenters. The lowest BCUT2D eigenvalue weighted by molar-refractivity contribution is 0.995. The van der Waals surface area contributed by atoms with Gasteiger partial charge in [-0.25, -0.2) is 15.0 Å². The molecule has 0 unspecified atom stereocenters. The van der Waals surface area contributed by atoms with Crippen molar-refractivity contribution in [3.63, 3.8) is 0 Å². The van der Waals surface area contributed by atoms with E-state index in [2.05, 4.69) is 24.6 Å². The second-order valence-electron chi connectivity index (χ2n) is 3.06. The van der Waals surface area contributed by atoms with Crippen molar-refractivity contribution < 1.29 is 0 Å². The molecule has 0 amide bonds. The fourth-order valence-electron chi connectivity index (χ4n) is 1.18. The summed E-state index contributed by atoms with van der Waals surface area (Å²) in [6, 6.07) is 1.92. The molecule has 0 fully saturated rings. The fraction of sp³-hybridized carbons (Fsp3) is 0.333. The molecule has 0 spiro atoms. The number of rotatable bonds is 4. The first-order chi connectivity index (χ1) is 7.78. The van der Waals surface area contributed by atoms with Crippen molar-refractivity contribution in [2.75, 3.05) is 12.4 Å². The summed E-state index contributed by atoms with van der Waals surface area (Å²) in [7, 11) is 1.85. The zero-order valence-corrected chi connectivity index (χ0v) is 10.6. The number of thioether (sulfide) groups is 1. The standard InChI is InChI=1S/C9H11N5S2/c1-6-3-7(10-2)14-8(13-6)4-15-9-11-5-12-16-9/h3,5H,4H2,1-2H3,(H,10,13,14). The van der Waals surface area contributed by atoms with Crippen molar-refractivity contribution in [3.05, 3.63) is 23.9 Å². The Morgan fingerprint density at radius 1 is 1.44 bits per heavy atom. The van der Waals surface area contributed by atoms with Gasteiger partial charge in [0.25, 0.3) is 0 Å². The van der Waals surface area contributed by atoms with Gasteiger partial charge in [-0.2, -0.15) is 4.37 Å². The average Bonchev–Trinajstić information content (AvgIpc) is 2.78. The molecule has 1 N–H and O–H groups in total. The zero-order chi connectivity index (χ0) is 11.4. The van der Waals surface area contributed by atoms with Crippen LogP contribution in [0.1, 0.15) is 11.5 Å². The minimum Gasteiger partial charge on any atom is -0.373 e. The predicted molar refractivity (Wildman–Crippen MR) is 65.8 cm³/mol. The number of nitrogens with zero attached hydrogens (tertiary/aromatic N) is 4. The van der Waals surface area contributed by atoms with E-state index in [0.717, 1.165) is 21.7 Å². The van der Waals surface area contributed by atoms with Gasteiger partial charge in [0.2, 0.25) is 0 Å². The summed E-state index contributed by atoms with van der Waals surface area (Å²) >= 11 is 2.99. The molecule has 5 nitrogen and oxygen atoms in total. The van der Waals surface area contributed by atoms with E-state index in [0.29, 0.717) is 5.75 Å². The van der Waals surface area contributed by atoms with Crippen molar-refractivity contribution in [1.82, 2.24) is 19.3 Å². The molecule has 0 saturated carbocycles. The van der Waals surface area contributed by atoms with Crippen LogP contribution in [-0.4, -0.2) is 26.4 Å². The molecule has 16 heavy (non-hydrogen) atoms. The molecule has 84 valence electrons. The first-order valence-corrected chi connectivity index (χ1v) is 6.45. The SMILES string of the molecule is CNc1cc(C)nc(CSc2ncns2)n1. The van der Waals surface area contributed by atoms with Gasteiger partial charge in [-0.1, -0.05) is 11.8 Å². The van der Waals surface area contributed by atoms with Crippen LogP contribution in [0.2, 0.25) is 0 Å². The molecular weight excluding hydrogens is 242 g/mol. The van der Waals surface area contributed by atoms with Crippen molar-refractivity contribution in [2.45, 2.75) is 17.0 Å². The van der Waals surface area contributed by atoms with Gasteiger partial charge in [-0.15, -0.1) is 0 Å². The van der Waals surface area contributed by atoms with Gasteiger partial charge in [0, 0.05) is 18.8 Å². The monoisotopic (exact) mass is 253 g/mol. The maximum atomic E-state index is 4.37. The third kappa shape index (κ3) is 2.89. The van der Waals surface area contributed by atoms with Crippen molar-refractivity contribution in [2.24, 2.45) is 0 Å². The number of nitrogens with one attached hydrogen (secondary N) is 1. The zero-order valence-electron chi connectivity index (χ0n) is 8.97. The van der Waals surface area contributed by atoms with Crippen LogP contribution in [0.3, 0.4) is 0 Å². The van der Waals surface area contributed by atoms with Crippen molar-refractivity contribution in [1.29, 1.82) is 0 Å². The summed E-state index contributed by atoms with van der Waals surface area (Å²) in [4.78, 5) is 12.8. The van der Waals surface area contributed by atoms with E-state index < -0.39 is 0 Å². The van der Waals surface area contributed by atoms with Crippen LogP contribution in [0.4, 0.5) is 5.82 Å². The maximum Gasteiger partial charge on any atom is 0.170 e. The van der Waals surface area contributed by atoms with E-state index in [9.17, 15) is 0 Å². The van der Waals surface area contributed by atoms with Gasteiger partial charge in [0.1, 0.15) is 18.0 Å². The van der Waals surface area contributed by atoms with Crippen LogP contribution in [0.25, 0.3) is 0 Å². The first-order valence-electron chi connectivity index (χ1n) is 4.69. The summed E-state index contributed by atoms with van der Waals surface area (Å²) in [6.07, 6.45) is 1.56. The van der Waals surface area contributed by atoms with Crippen molar-refractivity contribution >= 4 is 29.1 Å². The Balaban J connectivity index is 2.06. The molecule has 2 aromatic rings. The largest absolute Gasteiger partial charge is 0.373 e. The normalized spacial score (nSPS) is 10.4. The Morgan fingerprint density at radius 2 is 2.31 bits per heavy atom. The van der Waals surface area contributed by atoms with Crippen LogP contribution < -0.4 is 5.32 Å². The second kappa shape index (κ2) is 5.22. The van der Waals surface area contributed by atoms with Crippen LogP contribution in [0.15, 0.2) is 16.7 Å². The molecule has 0 aliphatic carbocycles. The van der Waals surface area contributed by atoms with E-state index in [1.54, 1.807) is 18.1 Å². The second-order valence-corrected chi connectivity index (χ2v) is 5.06. The molecule has 2 aromatic heterocycles. The Morgan fingerprint density at radius 3 is 3.00 bits per heavy atom. The minimum absolute atomic E-state index is 0.714. The molecule has 0 aliphatic rings. The summed E-state index contributed by atoms with van der Waals surface area (Å²) in [5.41, 5.74) is 0.965. The number of hydrogen-bond donors (Lipinski definition) is 1. The van der Waals surface area contributed by atoms with Crippen LogP contribution in [0, 0.1) is 6.92 Å². The fourth-order valence-corrected chi connectivity index (χ4v) is 2.47. The highest BCUT2D eigenvalue weighted by Gasteiger charge is 2.04. The third-order valence-electron chi connectivity index (χ3n) is 1.82. The molecule has 0 saturated heterocycles. The molecule has 0 radical (unpaired) electrons. The van der Waals surface area contributed by atoms with Gasteiger partial charge in [-0.3, -0.25) is 0 Å². The molecule has 2 rings (SSSR count). The average molecular weight is 253 g/mol. The van der Waals surface area contributed by atoms with Crippen LogP contribution in [-0.2, 0) is 5.75 Å². The van der Waals surface area contributed by atoms with Gasteiger partial charge in [0.15, 0.2) is 4.34 Å². The first kappa shape index (κ1) is 11.3. The summed E-state index contributed by atoms with van der Waals surface area (Å²) in [5, 5.41) is 3.02. The predicted octanol–water partition coefficient (Wildman–Crippen LogP) is 1.97. The Hall–Kier alpha value is -1.21. The van der Waals surface area contributed by atoms with Gasteiger partial charge < -0.3 is 5.32 Å². The van der Waals surface area contributed by atoms with Crippen molar-refractivity contribution in [3.8, 4) is 0 Å². The highest BCUT2D eigenvalue weighted by atomic mass is 32.2. The van der Waals surface area contributed by atoms with Gasteiger partial charge in [0.05, 0.1) is 5.75 Å². The third-order valence-corrected chi connectivity index (χ3v) is 3.62. The number of aromatic nitrogens is 4. The molecule has 7 heteroatoms. The number of aryl methyl sites for hydroxylation is 1. The topological polar surface area (TPSA) is 63.6 Å². The summed E-state index contributed by atoms with van der Waals surface area (Å²) in [6.45, 7) is 1.96. The van der Waals surface area contributed by atoms with E-state index in [4.69, 9.17) is 0 Å². The Kier molecular flexibility index (Phi) is 3.68. The quantitative estimate of drug-likeness (QED) is 0.840. The van der Waals surface area contributed by atoms with E-state index in [1.165, 1.54) is 11.5 Å².